The van der Waals surface area contributed by atoms with E-state index >= 15 is 0 Å². The number of anilines is 1. The van der Waals surface area contributed by atoms with Crippen molar-refractivity contribution in [2.24, 2.45) is 0 Å². The average molecular weight is 288 g/mol. The summed E-state index contributed by atoms with van der Waals surface area (Å²) >= 11 is 0. The van der Waals surface area contributed by atoms with Crippen LogP contribution in [0.3, 0.4) is 0 Å². The van der Waals surface area contributed by atoms with E-state index in [4.69, 9.17) is 10.5 Å². The summed E-state index contributed by atoms with van der Waals surface area (Å²) in [7, 11) is 1.62. The van der Waals surface area contributed by atoms with Crippen LogP contribution < -0.4 is 15.8 Å². The summed E-state index contributed by atoms with van der Waals surface area (Å²) in [5.41, 5.74) is 9.02. The molecule has 0 radical (unpaired) electrons. The number of hydrogen-bond donors (Lipinski definition) is 2. The van der Waals surface area contributed by atoms with Crippen molar-refractivity contribution in [3.63, 3.8) is 0 Å². The van der Waals surface area contributed by atoms with Crippen molar-refractivity contribution in [1.29, 1.82) is 0 Å². The fraction of sp³-hybridized carbons (Fsp3) is 0.333. The SMILES string of the molecule is COc1cccc(CNC(=O)Cn2nc(C)c(N)c2C)c1. The van der Waals surface area contributed by atoms with Crippen LogP contribution in [0.1, 0.15) is 17.0 Å². The van der Waals surface area contributed by atoms with E-state index in [1.807, 2.05) is 38.1 Å². The summed E-state index contributed by atoms with van der Waals surface area (Å²) < 4.78 is 6.76. The van der Waals surface area contributed by atoms with Gasteiger partial charge in [-0.25, -0.2) is 0 Å². The van der Waals surface area contributed by atoms with Gasteiger partial charge in [-0.15, -0.1) is 0 Å². The molecular formula is C15H20N4O2. The Hall–Kier alpha value is -2.50. The second-order valence-corrected chi connectivity index (χ2v) is 4.87. The van der Waals surface area contributed by atoms with Gasteiger partial charge in [0.25, 0.3) is 0 Å². The third-order valence-electron chi connectivity index (χ3n) is 3.35. The minimum absolute atomic E-state index is 0.108. The maximum absolute atomic E-state index is 12.0. The number of aromatic nitrogens is 2. The molecule has 2 aromatic rings. The fourth-order valence-corrected chi connectivity index (χ4v) is 2.04. The molecule has 0 spiro atoms. The van der Waals surface area contributed by atoms with Gasteiger partial charge in [-0.3, -0.25) is 9.48 Å². The van der Waals surface area contributed by atoms with Gasteiger partial charge in [-0.1, -0.05) is 12.1 Å². The van der Waals surface area contributed by atoms with Gasteiger partial charge in [0.15, 0.2) is 0 Å². The van der Waals surface area contributed by atoms with Crippen molar-refractivity contribution >= 4 is 11.6 Å². The predicted octanol–water partition coefficient (Wildman–Crippen LogP) is 1.41. The first-order valence-corrected chi connectivity index (χ1v) is 6.70. The molecule has 6 nitrogen and oxygen atoms in total. The predicted molar refractivity (Wildman–Crippen MR) is 81.0 cm³/mol. The highest BCUT2D eigenvalue weighted by molar-refractivity contribution is 5.76. The van der Waals surface area contributed by atoms with Gasteiger partial charge in [0.1, 0.15) is 12.3 Å². The monoisotopic (exact) mass is 288 g/mol. The van der Waals surface area contributed by atoms with E-state index in [2.05, 4.69) is 10.4 Å². The van der Waals surface area contributed by atoms with Crippen LogP contribution in [-0.4, -0.2) is 22.8 Å². The number of nitrogen functional groups attached to an aromatic ring is 1. The van der Waals surface area contributed by atoms with E-state index in [9.17, 15) is 4.79 Å². The molecule has 2 rings (SSSR count). The van der Waals surface area contributed by atoms with Crippen molar-refractivity contribution in [3.05, 3.63) is 41.2 Å². The Morgan fingerprint density at radius 2 is 2.19 bits per heavy atom. The van der Waals surface area contributed by atoms with Crippen LogP contribution in [0, 0.1) is 13.8 Å². The second kappa shape index (κ2) is 6.30. The Balaban J connectivity index is 1.94. The van der Waals surface area contributed by atoms with E-state index in [-0.39, 0.29) is 12.5 Å². The van der Waals surface area contributed by atoms with Crippen LogP contribution in [0.15, 0.2) is 24.3 Å². The van der Waals surface area contributed by atoms with Crippen molar-refractivity contribution in [1.82, 2.24) is 15.1 Å². The molecule has 1 heterocycles. The highest BCUT2D eigenvalue weighted by Gasteiger charge is 2.11. The maximum Gasteiger partial charge on any atom is 0.242 e. The summed E-state index contributed by atoms with van der Waals surface area (Å²) in [4.78, 5) is 12.0. The van der Waals surface area contributed by atoms with Gasteiger partial charge < -0.3 is 15.8 Å². The largest absolute Gasteiger partial charge is 0.497 e. The Morgan fingerprint density at radius 3 is 2.81 bits per heavy atom. The molecule has 0 saturated carbocycles. The molecule has 3 N–H and O–H groups in total. The minimum atomic E-state index is -0.108. The van der Waals surface area contributed by atoms with Gasteiger partial charge in [0.2, 0.25) is 5.91 Å². The van der Waals surface area contributed by atoms with E-state index in [1.165, 1.54) is 0 Å². The first-order chi connectivity index (χ1) is 10.0. The molecule has 0 aliphatic heterocycles. The Morgan fingerprint density at radius 1 is 1.43 bits per heavy atom. The third-order valence-corrected chi connectivity index (χ3v) is 3.35. The lowest BCUT2D eigenvalue weighted by atomic mass is 10.2. The molecule has 1 aromatic carbocycles. The molecule has 0 bridgehead atoms. The lowest BCUT2D eigenvalue weighted by molar-refractivity contribution is -0.122. The number of nitrogens with two attached hydrogens (primary N) is 1. The normalized spacial score (nSPS) is 10.4. The summed E-state index contributed by atoms with van der Waals surface area (Å²) in [5.74, 6) is 0.663. The summed E-state index contributed by atoms with van der Waals surface area (Å²) in [6, 6.07) is 7.58. The molecule has 0 saturated heterocycles. The second-order valence-electron chi connectivity index (χ2n) is 4.87. The number of methoxy groups -OCH3 is 1. The van der Waals surface area contributed by atoms with Gasteiger partial charge in [0.05, 0.1) is 24.2 Å². The molecule has 0 aliphatic carbocycles. The van der Waals surface area contributed by atoms with Gasteiger partial charge >= 0.3 is 0 Å². The highest BCUT2D eigenvalue weighted by atomic mass is 16.5. The first kappa shape index (κ1) is 14.9. The van der Waals surface area contributed by atoms with Crippen LogP contribution in [0.25, 0.3) is 0 Å². The Labute approximate surface area is 123 Å². The van der Waals surface area contributed by atoms with Gasteiger partial charge in [-0.05, 0) is 31.5 Å². The molecule has 0 unspecified atom stereocenters. The van der Waals surface area contributed by atoms with Crippen molar-refractivity contribution < 1.29 is 9.53 Å². The van der Waals surface area contributed by atoms with E-state index < -0.39 is 0 Å². The van der Waals surface area contributed by atoms with Crippen LogP contribution >= 0.6 is 0 Å². The summed E-state index contributed by atoms with van der Waals surface area (Å²) in [5, 5.41) is 7.10. The molecular weight excluding hydrogens is 268 g/mol. The number of nitrogens with zero attached hydrogens (tertiary/aromatic N) is 2. The minimum Gasteiger partial charge on any atom is -0.497 e. The zero-order valence-corrected chi connectivity index (χ0v) is 12.5. The highest BCUT2D eigenvalue weighted by Crippen LogP contribution is 2.14. The van der Waals surface area contributed by atoms with Crippen LogP contribution in [0.2, 0.25) is 0 Å². The number of carbonyl (C=O) groups excluding carboxylic acids is 1. The number of amides is 1. The fourth-order valence-electron chi connectivity index (χ4n) is 2.04. The summed E-state index contributed by atoms with van der Waals surface area (Å²) in [6.07, 6.45) is 0. The van der Waals surface area contributed by atoms with Crippen molar-refractivity contribution in [3.8, 4) is 5.75 Å². The zero-order chi connectivity index (χ0) is 15.4. The molecule has 112 valence electrons. The Bertz CT molecular complexity index is 649. The first-order valence-electron chi connectivity index (χ1n) is 6.70. The number of hydrogen-bond acceptors (Lipinski definition) is 4. The molecule has 21 heavy (non-hydrogen) atoms. The lowest BCUT2D eigenvalue weighted by Gasteiger charge is -2.08. The Kier molecular flexibility index (Phi) is 4.47. The average Bonchev–Trinajstić information content (AvgIpc) is 2.72. The van der Waals surface area contributed by atoms with Crippen LogP contribution in [-0.2, 0) is 17.9 Å². The van der Waals surface area contributed by atoms with E-state index in [0.29, 0.717) is 12.2 Å². The van der Waals surface area contributed by atoms with Gasteiger partial charge in [-0.2, -0.15) is 5.10 Å². The molecule has 0 aliphatic rings. The zero-order valence-electron chi connectivity index (χ0n) is 12.5. The molecule has 0 atom stereocenters. The number of benzene rings is 1. The quantitative estimate of drug-likeness (QED) is 0.871. The molecule has 6 heteroatoms. The van der Waals surface area contributed by atoms with Crippen molar-refractivity contribution in [2.45, 2.75) is 26.9 Å². The van der Waals surface area contributed by atoms with Crippen LogP contribution in [0.5, 0.6) is 5.75 Å². The number of rotatable bonds is 5. The molecule has 1 aromatic heterocycles. The molecule has 0 fully saturated rings. The third kappa shape index (κ3) is 3.53. The van der Waals surface area contributed by atoms with E-state index in [0.717, 1.165) is 22.7 Å². The maximum atomic E-state index is 12.0. The topological polar surface area (TPSA) is 82.2 Å². The smallest absolute Gasteiger partial charge is 0.242 e. The van der Waals surface area contributed by atoms with Crippen LogP contribution in [0.4, 0.5) is 5.69 Å². The number of nitrogens with one attached hydrogen (secondary N) is 1. The summed E-state index contributed by atoms with van der Waals surface area (Å²) in [6.45, 7) is 4.29. The standard InChI is InChI=1S/C15H20N4O2/c1-10-15(16)11(2)19(18-10)9-14(20)17-8-12-5-4-6-13(7-12)21-3/h4-7H,8-9,16H2,1-3H3,(H,17,20). The van der Waals surface area contributed by atoms with Gasteiger partial charge in [0, 0.05) is 6.54 Å². The number of ether oxygens (including phenoxy) is 1. The molecule has 1 amide bonds. The number of aryl methyl sites for hydroxylation is 1. The van der Waals surface area contributed by atoms with Crippen molar-refractivity contribution in [2.75, 3.05) is 12.8 Å². The lowest BCUT2D eigenvalue weighted by Crippen LogP contribution is -2.28. The number of carbonyl (C=O) groups is 1. The van der Waals surface area contributed by atoms with E-state index in [1.54, 1.807) is 11.8 Å².